The van der Waals surface area contributed by atoms with E-state index < -0.39 is 0 Å². The summed E-state index contributed by atoms with van der Waals surface area (Å²) in [6, 6.07) is 8.75. The van der Waals surface area contributed by atoms with Crippen LogP contribution in [0.15, 0.2) is 28.7 Å². The summed E-state index contributed by atoms with van der Waals surface area (Å²) in [6.07, 6.45) is 2.74. The normalized spacial score (nSPS) is 17.9. The molecule has 0 radical (unpaired) electrons. The van der Waals surface area contributed by atoms with E-state index in [2.05, 4.69) is 58.9 Å². The molecule has 1 aromatic rings. The Morgan fingerprint density at radius 2 is 1.69 bits per heavy atom. The Morgan fingerprint density at radius 1 is 1.12 bits per heavy atom. The molecule has 0 aliphatic carbocycles. The van der Waals surface area contributed by atoms with Crippen molar-refractivity contribution in [3.63, 3.8) is 0 Å². The Morgan fingerprint density at radius 3 is 2.25 bits per heavy atom. The second-order valence-electron chi connectivity index (χ2n) is 5.37. The summed E-state index contributed by atoms with van der Waals surface area (Å²) in [5.74, 6) is 0. The van der Waals surface area contributed by atoms with E-state index in [4.69, 9.17) is 0 Å². The Hall–Kier alpha value is -0.340. The highest BCUT2D eigenvalue weighted by molar-refractivity contribution is 9.10. The Labute approximate surface area is 107 Å². The number of benzene rings is 1. The van der Waals surface area contributed by atoms with E-state index >= 15 is 0 Å². The topological polar surface area (TPSA) is 3.24 Å². The van der Waals surface area contributed by atoms with E-state index in [9.17, 15) is 0 Å². The molecule has 0 spiro atoms. The van der Waals surface area contributed by atoms with E-state index in [0.29, 0.717) is 0 Å². The van der Waals surface area contributed by atoms with Gasteiger partial charge in [0.25, 0.3) is 0 Å². The lowest BCUT2D eigenvalue weighted by molar-refractivity contribution is 0.269. The maximum Gasteiger partial charge on any atom is 0.0175 e. The van der Waals surface area contributed by atoms with Gasteiger partial charge in [0.1, 0.15) is 0 Å². The second kappa shape index (κ2) is 4.89. The zero-order valence-corrected chi connectivity index (χ0v) is 11.8. The van der Waals surface area contributed by atoms with Crippen LogP contribution < -0.4 is 0 Å². The van der Waals surface area contributed by atoms with Gasteiger partial charge in [-0.05, 0) is 43.6 Å². The summed E-state index contributed by atoms with van der Waals surface area (Å²) in [5, 5.41) is 0. The maximum absolute atomic E-state index is 3.49. The van der Waals surface area contributed by atoms with Crippen LogP contribution in [0.1, 0.15) is 32.3 Å². The molecule has 16 heavy (non-hydrogen) atoms. The molecule has 0 saturated carbocycles. The van der Waals surface area contributed by atoms with Crippen molar-refractivity contribution in [2.75, 3.05) is 19.6 Å². The first kappa shape index (κ1) is 12.1. The maximum atomic E-state index is 3.49. The fourth-order valence-corrected chi connectivity index (χ4v) is 2.76. The van der Waals surface area contributed by atoms with Gasteiger partial charge in [-0.2, -0.15) is 0 Å². The van der Waals surface area contributed by atoms with Gasteiger partial charge in [0.05, 0.1) is 0 Å². The molecule has 2 heteroatoms. The molecular formula is C14H20BrN. The summed E-state index contributed by atoms with van der Waals surface area (Å²) >= 11 is 3.49. The molecule has 0 bridgehead atoms. The zero-order chi connectivity index (χ0) is 11.6. The molecule has 2 rings (SSSR count). The van der Waals surface area contributed by atoms with Crippen molar-refractivity contribution in [3.05, 3.63) is 34.3 Å². The molecule has 1 nitrogen and oxygen atoms in total. The third-order valence-electron chi connectivity index (χ3n) is 3.44. The monoisotopic (exact) mass is 281 g/mol. The average Bonchev–Trinajstić information content (AvgIpc) is 2.70. The molecular weight excluding hydrogens is 262 g/mol. The number of likely N-dealkylation sites (tertiary alicyclic amines) is 1. The number of hydrogen-bond donors (Lipinski definition) is 0. The molecule has 1 fully saturated rings. The SMILES string of the molecule is CC(C)(CN1CCCC1)c1ccc(Br)cc1. The Balaban J connectivity index is 2.07. The van der Waals surface area contributed by atoms with Crippen molar-refractivity contribution < 1.29 is 0 Å². The minimum atomic E-state index is 0.255. The van der Waals surface area contributed by atoms with Crippen LogP contribution in [-0.4, -0.2) is 24.5 Å². The Bertz CT molecular complexity index is 336. The highest BCUT2D eigenvalue weighted by Gasteiger charge is 2.25. The van der Waals surface area contributed by atoms with Crippen LogP contribution in [0.25, 0.3) is 0 Å². The van der Waals surface area contributed by atoms with E-state index in [1.807, 2.05) is 0 Å². The second-order valence-corrected chi connectivity index (χ2v) is 6.29. The molecule has 1 aliphatic heterocycles. The highest BCUT2D eigenvalue weighted by Crippen LogP contribution is 2.27. The first-order valence-electron chi connectivity index (χ1n) is 6.06. The molecule has 0 atom stereocenters. The van der Waals surface area contributed by atoms with Crippen molar-refractivity contribution >= 4 is 15.9 Å². The molecule has 0 amide bonds. The van der Waals surface area contributed by atoms with E-state index in [1.54, 1.807) is 0 Å². The van der Waals surface area contributed by atoms with Gasteiger partial charge in [0.15, 0.2) is 0 Å². The van der Waals surface area contributed by atoms with Crippen molar-refractivity contribution in [2.24, 2.45) is 0 Å². The molecule has 0 unspecified atom stereocenters. The first-order valence-corrected chi connectivity index (χ1v) is 6.86. The molecule has 1 saturated heterocycles. The van der Waals surface area contributed by atoms with Crippen LogP contribution in [0.3, 0.4) is 0 Å². The summed E-state index contributed by atoms with van der Waals surface area (Å²) in [6.45, 7) is 8.41. The largest absolute Gasteiger partial charge is 0.302 e. The molecule has 1 aliphatic rings. The molecule has 0 N–H and O–H groups in total. The van der Waals surface area contributed by atoms with Crippen LogP contribution in [0.4, 0.5) is 0 Å². The number of hydrogen-bond acceptors (Lipinski definition) is 1. The first-order chi connectivity index (χ1) is 7.58. The van der Waals surface area contributed by atoms with Crippen molar-refractivity contribution in [3.8, 4) is 0 Å². The van der Waals surface area contributed by atoms with Crippen molar-refractivity contribution in [1.29, 1.82) is 0 Å². The third-order valence-corrected chi connectivity index (χ3v) is 3.97. The van der Waals surface area contributed by atoms with Gasteiger partial charge >= 0.3 is 0 Å². The van der Waals surface area contributed by atoms with Crippen molar-refractivity contribution in [1.82, 2.24) is 4.90 Å². The molecule has 0 aromatic heterocycles. The van der Waals surface area contributed by atoms with Crippen LogP contribution in [-0.2, 0) is 5.41 Å². The van der Waals surface area contributed by atoms with Crippen LogP contribution >= 0.6 is 15.9 Å². The minimum absolute atomic E-state index is 0.255. The van der Waals surface area contributed by atoms with Gasteiger partial charge in [-0.3, -0.25) is 0 Å². The summed E-state index contributed by atoms with van der Waals surface area (Å²) in [4.78, 5) is 2.59. The summed E-state index contributed by atoms with van der Waals surface area (Å²) in [7, 11) is 0. The van der Waals surface area contributed by atoms with Crippen LogP contribution in [0, 0.1) is 0 Å². The standard InChI is InChI=1S/C14H20BrN/c1-14(2,11-16-9-3-4-10-16)12-5-7-13(15)8-6-12/h5-8H,3-4,9-11H2,1-2H3. The van der Waals surface area contributed by atoms with Gasteiger partial charge in [0, 0.05) is 16.4 Å². The lowest BCUT2D eigenvalue weighted by Gasteiger charge is -2.30. The molecule has 88 valence electrons. The molecule has 1 heterocycles. The van der Waals surface area contributed by atoms with E-state index in [1.165, 1.54) is 38.0 Å². The number of halogens is 1. The lowest BCUT2D eigenvalue weighted by atomic mass is 9.84. The average molecular weight is 282 g/mol. The smallest absolute Gasteiger partial charge is 0.0175 e. The fraction of sp³-hybridized carbons (Fsp3) is 0.571. The third kappa shape index (κ3) is 2.86. The highest BCUT2D eigenvalue weighted by atomic mass is 79.9. The van der Waals surface area contributed by atoms with Crippen molar-refractivity contribution in [2.45, 2.75) is 32.1 Å². The van der Waals surface area contributed by atoms with Gasteiger partial charge in [-0.1, -0.05) is 41.9 Å². The van der Waals surface area contributed by atoms with E-state index in [-0.39, 0.29) is 5.41 Å². The minimum Gasteiger partial charge on any atom is -0.302 e. The van der Waals surface area contributed by atoms with Gasteiger partial charge < -0.3 is 4.90 Å². The van der Waals surface area contributed by atoms with Crippen LogP contribution in [0.2, 0.25) is 0 Å². The van der Waals surface area contributed by atoms with Gasteiger partial charge in [-0.15, -0.1) is 0 Å². The van der Waals surface area contributed by atoms with E-state index in [0.717, 1.165) is 4.47 Å². The predicted molar refractivity (Wildman–Crippen MR) is 72.8 cm³/mol. The summed E-state index contributed by atoms with van der Waals surface area (Å²) in [5.41, 5.74) is 1.69. The molecule has 1 aromatic carbocycles. The van der Waals surface area contributed by atoms with Gasteiger partial charge in [0.2, 0.25) is 0 Å². The van der Waals surface area contributed by atoms with Crippen LogP contribution in [0.5, 0.6) is 0 Å². The summed E-state index contributed by atoms with van der Waals surface area (Å²) < 4.78 is 1.16. The number of rotatable bonds is 3. The number of nitrogens with zero attached hydrogens (tertiary/aromatic N) is 1. The zero-order valence-electron chi connectivity index (χ0n) is 10.2. The fourth-order valence-electron chi connectivity index (χ4n) is 2.49. The predicted octanol–water partition coefficient (Wildman–Crippen LogP) is 3.82. The Kier molecular flexibility index (Phi) is 3.70. The lowest BCUT2D eigenvalue weighted by Crippen LogP contribution is -2.35. The van der Waals surface area contributed by atoms with Gasteiger partial charge in [-0.25, -0.2) is 0 Å². The quantitative estimate of drug-likeness (QED) is 0.814.